The number of nitrogens with one attached hydrogen (secondary N) is 1. The average molecular weight is 480 g/mol. The lowest BCUT2D eigenvalue weighted by molar-refractivity contribution is -0.130. The lowest BCUT2D eigenvalue weighted by Crippen LogP contribution is -2.38. The number of carbonyl (C=O) groups is 2. The third-order valence-corrected chi connectivity index (χ3v) is 9.38. The van der Waals surface area contributed by atoms with Gasteiger partial charge in [-0.1, -0.05) is 12.1 Å². The number of amides is 2. The highest BCUT2D eigenvalue weighted by molar-refractivity contribution is 7.99. The van der Waals surface area contributed by atoms with Crippen LogP contribution in [0.5, 0.6) is 0 Å². The minimum absolute atomic E-state index is 0.0683. The van der Waals surface area contributed by atoms with E-state index in [0.29, 0.717) is 25.2 Å². The van der Waals surface area contributed by atoms with E-state index in [0.717, 1.165) is 54.3 Å². The number of anilines is 1. The van der Waals surface area contributed by atoms with Gasteiger partial charge in [0.25, 0.3) is 5.91 Å². The van der Waals surface area contributed by atoms with Crippen LogP contribution < -0.4 is 5.32 Å². The Kier molecular flexibility index (Phi) is 7.00. The van der Waals surface area contributed by atoms with Gasteiger partial charge in [-0.15, -0.1) is 11.3 Å². The molecule has 10 heteroatoms. The molecule has 4 rings (SSSR count). The number of carbonyl (C=O) groups excluding carboxylic acids is 2. The van der Waals surface area contributed by atoms with Crippen molar-refractivity contribution in [2.24, 2.45) is 0 Å². The molecule has 7 nitrogen and oxygen atoms in total. The minimum Gasteiger partial charge on any atom is -0.341 e. The van der Waals surface area contributed by atoms with E-state index < -0.39 is 15.9 Å². The number of thioether (sulfide) groups is 1. The Morgan fingerprint density at radius 2 is 1.65 bits per heavy atom. The second-order valence-electron chi connectivity index (χ2n) is 7.55. The van der Waals surface area contributed by atoms with Crippen molar-refractivity contribution in [2.45, 2.75) is 24.2 Å². The number of rotatable bonds is 6. The molecule has 2 amide bonds. The predicted octanol–water partition coefficient (Wildman–Crippen LogP) is 2.90. The molecule has 1 aromatic carbocycles. The van der Waals surface area contributed by atoms with Crippen molar-refractivity contribution in [3.63, 3.8) is 0 Å². The van der Waals surface area contributed by atoms with Crippen LogP contribution in [0.25, 0.3) is 0 Å². The Morgan fingerprint density at radius 3 is 2.32 bits per heavy atom. The molecule has 0 radical (unpaired) electrons. The Bertz CT molecular complexity index is 1040. The molecule has 0 atom stereocenters. The molecular formula is C21H25N3O4S3. The largest absolute Gasteiger partial charge is 0.341 e. The van der Waals surface area contributed by atoms with Gasteiger partial charge in [-0.3, -0.25) is 9.59 Å². The van der Waals surface area contributed by atoms with E-state index >= 15 is 0 Å². The van der Waals surface area contributed by atoms with Crippen LogP contribution >= 0.6 is 23.1 Å². The molecule has 3 heterocycles. The monoisotopic (exact) mass is 479 g/mol. The van der Waals surface area contributed by atoms with Crippen molar-refractivity contribution < 1.29 is 18.0 Å². The molecule has 1 N–H and O–H groups in total. The summed E-state index contributed by atoms with van der Waals surface area (Å²) in [5.74, 6) is 1.64. The summed E-state index contributed by atoms with van der Waals surface area (Å²) in [7, 11) is -3.66. The third kappa shape index (κ3) is 5.14. The van der Waals surface area contributed by atoms with Crippen LogP contribution in [0.15, 0.2) is 40.6 Å². The zero-order valence-corrected chi connectivity index (χ0v) is 19.5. The van der Waals surface area contributed by atoms with Gasteiger partial charge in [0.1, 0.15) is 9.77 Å². The maximum absolute atomic E-state index is 12.9. The van der Waals surface area contributed by atoms with Gasteiger partial charge in [0, 0.05) is 43.4 Å². The van der Waals surface area contributed by atoms with Gasteiger partial charge in [-0.25, -0.2) is 8.42 Å². The summed E-state index contributed by atoms with van der Waals surface area (Å²) in [5, 5.41) is 4.41. The van der Waals surface area contributed by atoms with E-state index in [2.05, 4.69) is 5.32 Å². The van der Waals surface area contributed by atoms with Gasteiger partial charge in [0.15, 0.2) is 0 Å². The summed E-state index contributed by atoms with van der Waals surface area (Å²) in [6.07, 6.45) is 2.02. The van der Waals surface area contributed by atoms with Gasteiger partial charge in [-0.05, 0) is 42.0 Å². The van der Waals surface area contributed by atoms with E-state index in [1.165, 1.54) is 10.4 Å². The van der Waals surface area contributed by atoms with Crippen LogP contribution in [0.4, 0.5) is 5.69 Å². The van der Waals surface area contributed by atoms with Crippen LogP contribution in [0.1, 0.15) is 28.1 Å². The Balaban J connectivity index is 1.40. The molecule has 0 bridgehead atoms. The zero-order valence-electron chi connectivity index (χ0n) is 17.1. The summed E-state index contributed by atoms with van der Waals surface area (Å²) in [4.78, 5) is 27.3. The highest BCUT2D eigenvalue weighted by atomic mass is 32.2. The third-order valence-electron chi connectivity index (χ3n) is 5.45. The predicted molar refractivity (Wildman–Crippen MR) is 124 cm³/mol. The van der Waals surface area contributed by atoms with Crippen molar-refractivity contribution in [1.29, 1.82) is 0 Å². The van der Waals surface area contributed by atoms with Crippen molar-refractivity contribution in [3.05, 3.63) is 46.2 Å². The summed E-state index contributed by atoms with van der Waals surface area (Å²) < 4.78 is 27.2. The molecule has 0 saturated carbocycles. The first kappa shape index (κ1) is 22.3. The minimum atomic E-state index is -3.66. The van der Waals surface area contributed by atoms with Crippen LogP contribution in [0, 0.1) is 0 Å². The standard InChI is InChI=1S/C21H25N3O4S3/c25-19(23-10-13-29-14-11-23)15-16-3-5-17(6-4-16)22-21(26)20-18(7-12-30-20)31(27,28)24-8-1-2-9-24/h3-7,12H,1-2,8-11,13-15H2,(H,22,26). The summed E-state index contributed by atoms with van der Waals surface area (Å²) in [6, 6.07) is 8.63. The van der Waals surface area contributed by atoms with E-state index in [4.69, 9.17) is 0 Å². The number of hydrogen-bond donors (Lipinski definition) is 1. The molecule has 2 aromatic rings. The van der Waals surface area contributed by atoms with E-state index in [-0.39, 0.29) is 15.7 Å². The van der Waals surface area contributed by atoms with E-state index in [9.17, 15) is 18.0 Å². The molecule has 0 spiro atoms. The molecule has 1 aromatic heterocycles. The van der Waals surface area contributed by atoms with Crippen molar-refractivity contribution in [2.75, 3.05) is 43.0 Å². The van der Waals surface area contributed by atoms with Crippen molar-refractivity contribution in [1.82, 2.24) is 9.21 Å². The Morgan fingerprint density at radius 1 is 0.968 bits per heavy atom. The van der Waals surface area contributed by atoms with Crippen molar-refractivity contribution >= 4 is 50.6 Å². The molecule has 0 aliphatic carbocycles. The van der Waals surface area contributed by atoms with Crippen LogP contribution in [-0.2, 0) is 21.2 Å². The van der Waals surface area contributed by atoms with E-state index in [1.807, 2.05) is 28.8 Å². The molecule has 2 fully saturated rings. The molecule has 2 aliphatic heterocycles. The summed E-state index contributed by atoms with van der Waals surface area (Å²) in [5.41, 5.74) is 1.45. The van der Waals surface area contributed by atoms with Crippen LogP contribution in [-0.4, -0.2) is 67.1 Å². The quantitative estimate of drug-likeness (QED) is 0.689. The fourth-order valence-electron chi connectivity index (χ4n) is 3.73. The molecular weight excluding hydrogens is 454 g/mol. The summed E-state index contributed by atoms with van der Waals surface area (Å²) >= 11 is 2.98. The number of benzene rings is 1. The first-order chi connectivity index (χ1) is 14.9. The fourth-order valence-corrected chi connectivity index (χ4v) is 7.44. The molecule has 0 unspecified atom stereocenters. The van der Waals surface area contributed by atoms with E-state index in [1.54, 1.807) is 17.5 Å². The SMILES string of the molecule is O=C(Nc1ccc(CC(=O)N2CCSCC2)cc1)c1sccc1S(=O)(=O)N1CCCC1. The molecule has 2 saturated heterocycles. The van der Waals surface area contributed by atoms with Gasteiger partial charge in [0.2, 0.25) is 15.9 Å². The van der Waals surface area contributed by atoms with Gasteiger partial charge >= 0.3 is 0 Å². The second kappa shape index (κ2) is 9.72. The number of thiophene rings is 1. The molecule has 31 heavy (non-hydrogen) atoms. The van der Waals surface area contributed by atoms with Gasteiger partial charge in [-0.2, -0.15) is 16.1 Å². The summed E-state index contributed by atoms with van der Waals surface area (Å²) in [6.45, 7) is 2.58. The zero-order chi connectivity index (χ0) is 21.8. The fraction of sp³-hybridized carbons (Fsp3) is 0.429. The Labute approximate surface area is 190 Å². The number of nitrogens with zero attached hydrogens (tertiary/aromatic N) is 2. The molecule has 2 aliphatic rings. The smallest absolute Gasteiger partial charge is 0.267 e. The van der Waals surface area contributed by atoms with Crippen LogP contribution in [0.2, 0.25) is 0 Å². The maximum atomic E-state index is 12.9. The lowest BCUT2D eigenvalue weighted by atomic mass is 10.1. The number of hydrogen-bond acceptors (Lipinski definition) is 6. The molecule has 166 valence electrons. The van der Waals surface area contributed by atoms with Gasteiger partial charge in [0.05, 0.1) is 6.42 Å². The Hall–Kier alpha value is -1.88. The normalized spacial score (nSPS) is 17.6. The first-order valence-corrected chi connectivity index (χ1v) is 13.8. The topological polar surface area (TPSA) is 86.8 Å². The first-order valence-electron chi connectivity index (χ1n) is 10.3. The highest BCUT2D eigenvalue weighted by Crippen LogP contribution is 2.28. The maximum Gasteiger partial charge on any atom is 0.267 e. The number of sulfonamides is 1. The lowest BCUT2D eigenvalue weighted by Gasteiger charge is -2.26. The van der Waals surface area contributed by atoms with Crippen LogP contribution in [0.3, 0.4) is 0 Å². The highest BCUT2D eigenvalue weighted by Gasteiger charge is 2.31. The van der Waals surface area contributed by atoms with Crippen molar-refractivity contribution in [3.8, 4) is 0 Å². The average Bonchev–Trinajstić information content (AvgIpc) is 3.48. The second-order valence-corrected chi connectivity index (χ2v) is 11.6. The van der Waals surface area contributed by atoms with Gasteiger partial charge < -0.3 is 10.2 Å².